The van der Waals surface area contributed by atoms with Crippen LogP contribution in [0.1, 0.15) is 31.4 Å². The van der Waals surface area contributed by atoms with Crippen molar-refractivity contribution >= 4 is 11.6 Å². The maximum atomic E-state index is 12.6. The molecule has 2 aromatic rings. The maximum absolute atomic E-state index is 12.6. The highest BCUT2D eigenvalue weighted by Gasteiger charge is 2.20. The number of benzene rings is 2. The maximum Gasteiger partial charge on any atom is 0.265 e. The molecule has 0 radical (unpaired) electrons. The molecule has 0 heterocycles. The Balaban J connectivity index is 2.11. The molecule has 1 amide bonds. The van der Waals surface area contributed by atoms with Crippen molar-refractivity contribution in [3.8, 4) is 11.5 Å². The summed E-state index contributed by atoms with van der Waals surface area (Å²) in [5.41, 5.74) is 2.88. The summed E-state index contributed by atoms with van der Waals surface area (Å²) in [5.74, 6) is 1.20. The lowest BCUT2D eigenvalue weighted by Crippen LogP contribution is -2.32. The standard InChI is InChI=1S/C20H25NO3/c1-5-18(24-16-12-14(3)11-15(4)13-16)20(22)21-17-9-7-8-10-19(17)23-6-2/h7-13,18H,5-6H2,1-4H3,(H,21,22)/t18-/m0/s1. The van der Waals surface area contributed by atoms with Crippen LogP contribution in [0.5, 0.6) is 11.5 Å². The van der Waals surface area contributed by atoms with Crippen LogP contribution in [-0.2, 0) is 4.79 Å². The van der Waals surface area contributed by atoms with Crippen LogP contribution >= 0.6 is 0 Å². The molecule has 0 fully saturated rings. The third-order valence-electron chi connectivity index (χ3n) is 3.58. The van der Waals surface area contributed by atoms with Crippen LogP contribution in [-0.4, -0.2) is 18.6 Å². The van der Waals surface area contributed by atoms with Crippen LogP contribution in [0.25, 0.3) is 0 Å². The van der Waals surface area contributed by atoms with Crippen LogP contribution in [0.3, 0.4) is 0 Å². The smallest absolute Gasteiger partial charge is 0.265 e. The van der Waals surface area contributed by atoms with Crippen molar-refractivity contribution in [1.82, 2.24) is 0 Å². The fourth-order valence-corrected chi connectivity index (χ4v) is 2.55. The molecular weight excluding hydrogens is 302 g/mol. The molecule has 0 aromatic heterocycles. The van der Waals surface area contributed by atoms with E-state index in [-0.39, 0.29) is 5.91 Å². The topological polar surface area (TPSA) is 47.6 Å². The van der Waals surface area contributed by atoms with Crippen molar-refractivity contribution < 1.29 is 14.3 Å². The second-order valence-electron chi connectivity index (χ2n) is 5.76. The second kappa shape index (κ2) is 8.39. The lowest BCUT2D eigenvalue weighted by molar-refractivity contribution is -0.122. The van der Waals surface area contributed by atoms with E-state index in [1.807, 2.05) is 64.1 Å². The molecule has 0 saturated carbocycles. The summed E-state index contributed by atoms with van der Waals surface area (Å²) in [6.07, 6.45) is 0.0243. The highest BCUT2D eigenvalue weighted by Crippen LogP contribution is 2.25. The minimum atomic E-state index is -0.555. The predicted molar refractivity (Wildman–Crippen MR) is 96.9 cm³/mol. The Morgan fingerprint density at radius 3 is 2.38 bits per heavy atom. The van der Waals surface area contributed by atoms with Gasteiger partial charge in [0.15, 0.2) is 6.10 Å². The molecule has 0 unspecified atom stereocenters. The zero-order valence-corrected chi connectivity index (χ0v) is 14.8. The van der Waals surface area contributed by atoms with Crippen molar-refractivity contribution in [3.05, 3.63) is 53.6 Å². The van der Waals surface area contributed by atoms with Crippen LogP contribution in [0, 0.1) is 13.8 Å². The van der Waals surface area contributed by atoms with Gasteiger partial charge in [-0.3, -0.25) is 4.79 Å². The number of anilines is 1. The number of carbonyl (C=O) groups is 1. The van der Waals surface area contributed by atoms with Gasteiger partial charge in [0.25, 0.3) is 5.91 Å². The molecule has 0 aliphatic heterocycles. The monoisotopic (exact) mass is 327 g/mol. The molecule has 4 nitrogen and oxygen atoms in total. The molecule has 1 atom stereocenters. The van der Waals surface area contributed by atoms with Crippen LogP contribution in [0.4, 0.5) is 5.69 Å². The molecule has 0 spiro atoms. The summed E-state index contributed by atoms with van der Waals surface area (Å²) >= 11 is 0. The number of rotatable bonds is 7. The average Bonchev–Trinajstić information content (AvgIpc) is 2.53. The largest absolute Gasteiger partial charge is 0.492 e. The summed E-state index contributed by atoms with van der Waals surface area (Å²) in [4.78, 5) is 12.6. The third-order valence-corrected chi connectivity index (χ3v) is 3.58. The molecule has 4 heteroatoms. The van der Waals surface area contributed by atoms with Crippen molar-refractivity contribution in [2.45, 2.75) is 40.2 Å². The second-order valence-corrected chi connectivity index (χ2v) is 5.76. The van der Waals surface area contributed by atoms with Gasteiger partial charge in [-0.05, 0) is 62.6 Å². The van der Waals surface area contributed by atoms with Gasteiger partial charge in [0.2, 0.25) is 0 Å². The van der Waals surface area contributed by atoms with E-state index < -0.39 is 6.10 Å². The fraction of sp³-hybridized carbons (Fsp3) is 0.350. The van der Waals surface area contributed by atoms with Gasteiger partial charge in [-0.15, -0.1) is 0 Å². The van der Waals surface area contributed by atoms with E-state index in [1.54, 1.807) is 0 Å². The van der Waals surface area contributed by atoms with Crippen molar-refractivity contribution in [1.29, 1.82) is 0 Å². The van der Waals surface area contributed by atoms with Crippen molar-refractivity contribution in [2.24, 2.45) is 0 Å². The summed E-state index contributed by atoms with van der Waals surface area (Å²) in [7, 11) is 0. The Labute approximate surface area is 143 Å². The van der Waals surface area contributed by atoms with E-state index in [4.69, 9.17) is 9.47 Å². The molecule has 0 aliphatic rings. The first-order chi connectivity index (χ1) is 11.5. The minimum absolute atomic E-state index is 0.177. The number of para-hydroxylation sites is 2. The van der Waals surface area contributed by atoms with Gasteiger partial charge in [-0.25, -0.2) is 0 Å². The van der Waals surface area contributed by atoms with E-state index in [9.17, 15) is 4.79 Å². The number of nitrogens with one attached hydrogen (secondary N) is 1. The number of hydrogen-bond donors (Lipinski definition) is 1. The first kappa shape index (κ1) is 17.9. The van der Waals surface area contributed by atoms with Gasteiger partial charge < -0.3 is 14.8 Å². The quantitative estimate of drug-likeness (QED) is 0.814. The van der Waals surface area contributed by atoms with Crippen molar-refractivity contribution in [3.63, 3.8) is 0 Å². The molecule has 2 aromatic carbocycles. The summed E-state index contributed by atoms with van der Waals surface area (Å²) in [6.45, 7) is 8.42. The summed E-state index contributed by atoms with van der Waals surface area (Å²) < 4.78 is 11.5. The Bertz CT molecular complexity index is 677. The van der Waals surface area contributed by atoms with Crippen LogP contribution in [0.15, 0.2) is 42.5 Å². The molecule has 24 heavy (non-hydrogen) atoms. The number of carbonyl (C=O) groups excluding carboxylic acids is 1. The number of ether oxygens (including phenoxy) is 2. The minimum Gasteiger partial charge on any atom is -0.492 e. The fourth-order valence-electron chi connectivity index (χ4n) is 2.55. The number of amides is 1. The van der Waals surface area contributed by atoms with E-state index in [2.05, 4.69) is 11.4 Å². The molecule has 2 rings (SSSR count). The van der Waals surface area contributed by atoms with E-state index >= 15 is 0 Å². The predicted octanol–water partition coefficient (Wildman–Crippen LogP) is 4.50. The summed E-state index contributed by atoms with van der Waals surface area (Å²) in [5, 5.41) is 2.91. The molecule has 0 bridgehead atoms. The van der Waals surface area contributed by atoms with Crippen LogP contribution in [0.2, 0.25) is 0 Å². The highest BCUT2D eigenvalue weighted by atomic mass is 16.5. The zero-order chi connectivity index (χ0) is 17.5. The van der Waals surface area contributed by atoms with Gasteiger partial charge in [0.1, 0.15) is 11.5 Å². The average molecular weight is 327 g/mol. The SMILES string of the molecule is CCOc1ccccc1NC(=O)[C@H](CC)Oc1cc(C)cc(C)c1. The van der Waals surface area contributed by atoms with Crippen LogP contribution < -0.4 is 14.8 Å². The zero-order valence-electron chi connectivity index (χ0n) is 14.8. The molecule has 0 aliphatic carbocycles. The Morgan fingerprint density at radius 1 is 1.08 bits per heavy atom. The van der Waals surface area contributed by atoms with E-state index in [0.717, 1.165) is 11.1 Å². The number of aryl methyl sites for hydroxylation is 2. The van der Waals surface area contributed by atoms with Crippen molar-refractivity contribution in [2.75, 3.05) is 11.9 Å². The molecule has 128 valence electrons. The summed E-state index contributed by atoms with van der Waals surface area (Å²) in [6, 6.07) is 13.4. The Morgan fingerprint density at radius 2 is 1.75 bits per heavy atom. The molecular formula is C20H25NO3. The first-order valence-corrected chi connectivity index (χ1v) is 8.31. The van der Waals surface area contributed by atoms with Gasteiger partial charge in [-0.2, -0.15) is 0 Å². The van der Waals surface area contributed by atoms with E-state index in [1.165, 1.54) is 0 Å². The third kappa shape index (κ3) is 4.75. The normalized spacial score (nSPS) is 11.7. The van der Waals surface area contributed by atoms with Gasteiger partial charge in [-0.1, -0.05) is 25.1 Å². The Kier molecular flexibility index (Phi) is 6.24. The first-order valence-electron chi connectivity index (χ1n) is 8.31. The molecule has 1 N–H and O–H groups in total. The Hall–Kier alpha value is -2.49. The van der Waals surface area contributed by atoms with E-state index in [0.29, 0.717) is 30.2 Å². The lowest BCUT2D eigenvalue weighted by Gasteiger charge is -2.19. The van der Waals surface area contributed by atoms with Gasteiger partial charge in [0, 0.05) is 0 Å². The number of hydrogen-bond acceptors (Lipinski definition) is 3. The van der Waals surface area contributed by atoms with Gasteiger partial charge in [0.05, 0.1) is 12.3 Å². The highest BCUT2D eigenvalue weighted by molar-refractivity contribution is 5.95. The van der Waals surface area contributed by atoms with Gasteiger partial charge >= 0.3 is 0 Å². The molecule has 0 saturated heterocycles. The lowest BCUT2D eigenvalue weighted by atomic mass is 10.1.